The fourth-order valence-corrected chi connectivity index (χ4v) is 3.51. The Morgan fingerprint density at radius 1 is 0.931 bits per heavy atom. The number of carbonyl (C=O) groups excluding carboxylic acids is 2. The number of ether oxygens (including phenoxy) is 1. The minimum atomic E-state index is -0.0840. The number of urea groups is 1. The molecule has 7 nitrogen and oxygen atoms in total. The van der Waals surface area contributed by atoms with Gasteiger partial charge in [0.25, 0.3) is 0 Å². The van der Waals surface area contributed by atoms with Crippen molar-refractivity contribution >= 4 is 23.3 Å². The molecule has 1 aliphatic carbocycles. The van der Waals surface area contributed by atoms with Gasteiger partial charge in [-0.05, 0) is 31.0 Å². The van der Waals surface area contributed by atoms with Crippen molar-refractivity contribution in [2.45, 2.75) is 38.2 Å². The zero-order valence-electron chi connectivity index (χ0n) is 16.3. The van der Waals surface area contributed by atoms with Crippen molar-refractivity contribution in [1.82, 2.24) is 9.88 Å². The number of piperidine rings is 1. The van der Waals surface area contributed by atoms with Crippen molar-refractivity contribution in [1.29, 1.82) is 0 Å². The van der Waals surface area contributed by atoms with Crippen LogP contribution in [0.3, 0.4) is 0 Å². The number of para-hydroxylation sites is 1. The van der Waals surface area contributed by atoms with Gasteiger partial charge < -0.3 is 20.3 Å². The van der Waals surface area contributed by atoms with Crippen LogP contribution in [0, 0.1) is 5.92 Å². The highest BCUT2D eigenvalue weighted by atomic mass is 16.5. The monoisotopic (exact) mass is 394 g/mol. The molecule has 4 rings (SSSR count). The lowest BCUT2D eigenvalue weighted by Crippen LogP contribution is -2.43. The van der Waals surface area contributed by atoms with E-state index in [0.29, 0.717) is 24.7 Å². The number of pyridine rings is 1. The number of amides is 3. The van der Waals surface area contributed by atoms with E-state index < -0.39 is 0 Å². The molecule has 0 unspecified atom stereocenters. The molecule has 0 bridgehead atoms. The minimum Gasteiger partial charge on any atom is -0.474 e. The van der Waals surface area contributed by atoms with Crippen LogP contribution in [0.15, 0.2) is 48.7 Å². The SMILES string of the molecule is O=C(Nc1ccc(OC2CCN(C(=O)Nc3ccccc3)CC2)nc1)C1CCC1. The second-order valence-corrected chi connectivity index (χ2v) is 7.60. The van der Waals surface area contributed by atoms with Crippen molar-refractivity contribution in [3.05, 3.63) is 48.7 Å². The van der Waals surface area contributed by atoms with Crippen molar-refractivity contribution in [2.75, 3.05) is 23.7 Å². The van der Waals surface area contributed by atoms with Gasteiger partial charge in [-0.25, -0.2) is 9.78 Å². The highest BCUT2D eigenvalue weighted by molar-refractivity contribution is 5.92. The minimum absolute atomic E-state index is 0.0266. The summed E-state index contributed by atoms with van der Waals surface area (Å²) in [4.78, 5) is 30.5. The maximum atomic E-state index is 12.4. The first-order valence-electron chi connectivity index (χ1n) is 10.2. The van der Waals surface area contributed by atoms with E-state index >= 15 is 0 Å². The van der Waals surface area contributed by atoms with E-state index in [-0.39, 0.29) is 24.0 Å². The number of benzene rings is 1. The lowest BCUT2D eigenvalue weighted by molar-refractivity contribution is -0.122. The summed E-state index contributed by atoms with van der Waals surface area (Å²) in [5.41, 5.74) is 1.49. The van der Waals surface area contributed by atoms with Gasteiger partial charge in [0.15, 0.2) is 0 Å². The average molecular weight is 394 g/mol. The molecule has 152 valence electrons. The number of carbonyl (C=O) groups is 2. The molecule has 2 aromatic rings. The summed E-state index contributed by atoms with van der Waals surface area (Å²) in [6, 6.07) is 13.0. The third-order valence-corrected chi connectivity index (χ3v) is 5.52. The van der Waals surface area contributed by atoms with Crippen LogP contribution in [0.4, 0.5) is 16.2 Å². The Morgan fingerprint density at radius 3 is 2.31 bits per heavy atom. The van der Waals surface area contributed by atoms with E-state index in [9.17, 15) is 9.59 Å². The number of likely N-dealkylation sites (tertiary alicyclic amines) is 1. The highest BCUT2D eigenvalue weighted by Crippen LogP contribution is 2.27. The van der Waals surface area contributed by atoms with Crippen LogP contribution in [0.5, 0.6) is 5.88 Å². The van der Waals surface area contributed by atoms with E-state index in [0.717, 1.165) is 37.8 Å². The number of hydrogen-bond acceptors (Lipinski definition) is 4. The van der Waals surface area contributed by atoms with E-state index in [1.165, 1.54) is 0 Å². The molecule has 2 heterocycles. The summed E-state index contributed by atoms with van der Waals surface area (Å²) in [5.74, 6) is 0.766. The van der Waals surface area contributed by atoms with Gasteiger partial charge in [0, 0.05) is 43.6 Å². The first-order valence-corrected chi connectivity index (χ1v) is 10.2. The van der Waals surface area contributed by atoms with Crippen molar-refractivity contribution in [2.24, 2.45) is 5.92 Å². The molecule has 1 aliphatic heterocycles. The normalized spacial score (nSPS) is 17.3. The smallest absolute Gasteiger partial charge is 0.321 e. The molecule has 1 aromatic carbocycles. The first kappa shape index (κ1) is 19.2. The predicted octanol–water partition coefficient (Wildman–Crippen LogP) is 3.90. The van der Waals surface area contributed by atoms with E-state index in [4.69, 9.17) is 4.74 Å². The molecule has 0 radical (unpaired) electrons. The molecular weight excluding hydrogens is 368 g/mol. The molecule has 1 saturated carbocycles. The quantitative estimate of drug-likeness (QED) is 0.806. The number of aromatic nitrogens is 1. The fourth-order valence-electron chi connectivity index (χ4n) is 3.51. The number of nitrogens with one attached hydrogen (secondary N) is 2. The molecular formula is C22H26N4O3. The summed E-state index contributed by atoms with van der Waals surface area (Å²) in [5, 5.41) is 5.82. The Kier molecular flexibility index (Phi) is 5.93. The van der Waals surface area contributed by atoms with Crippen LogP contribution in [0.25, 0.3) is 0 Å². The van der Waals surface area contributed by atoms with Gasteiger partial charge in [-0.3, -0.25) is 4.79 Å². The number of hydrogen-bond donors (Lipinski definition) is 2. The predicted molar refractivity (Wildman–Crippen MR) is 111 cm³/mol. The van der Waals surface area contributed by atoms with Gasteiger partial charge in [-0.15, -0.1) is 0 Å². The zero-order valence-corrected chi connectivity index (χ0v) is 16.3. The van der Waals surface area contributed by atoms with Gasteiger partial charge in [-0.1, -0.05) is 24.6 Å². The third-order valence-electron chi connectivity index (χ3n) is 5.52. The Labute approximate surface area is 170 Å². The summed E-state index contributed by atoms with van der Waals surface area (Å²) < 4.78 is 5.96. The van der Waals surface area contributed by atoms with Crippen LogP contribution in [-0.2, 0) is 4.79 Å². The topological polar surface area (TPSA) is 83.6 Å². The molecule has 0 spiro atoms. The average Bonchev–Trinajstić information content (AvgIpc) is 2.69. The van der Waals surface area contributed by atoms with E-state index in [1.54, 1.807) is 17.2 Å². The molecule has 2 fully saturated rings. The van der Waals surface area contributed by atoms with Gasteiger partial charge in [-0.2, -0.15) is 0 Å². The molecule has 0 atom stereocenters. The van der Waals surface area contributed by atoms with Crippen molar-refractivity contribution < 1.29 is 14.3 Å². The molecule has 2 aliphatic rings. The highest BCUT2D eigenvalue weighted by Gasteiger charge is 2.26. The van der Waals surface area contributed by atoms with Crippen LogP contribution in [0.1, 0.15) is 32.1 Å². The Hall–Kier alpha value is -3.09. The second kappa shape index (κ2) is 8.94. The largest absolute Gasteiger partial charge is 0.474 e. The van der Waals surface area contributed by atoms with Crippen molar-refractivity contribution in [3.63, 3.8) is 0 Å². The second-order valence-electron chi connectivity index (χ2n) is 7.60. The maximum absolute atomic E-state index is 12.4. The summed E-state index contributed by atoms with van der Waals surface area (Å²) in [7, 11) is 0. The van der Waals surface area contributed by atoms with Gasteiger partial charge in [0.2, 0.25) is 11.8 Å². The maximum Gasteiger partial charge on any atom is 0.321 e. The number of rotatable bonds is 5. The molecule has 29 heavy (non-hydrogen) atoms. The Balaban J connectivity index is 1.22. The summed E-state index contributed by atoms with van der Waals surface area (Å²) >= 11 is 0. The van der Waals surface area contributed by atoms with Gasteiger partial charge >= 0.3 is 6.03 Å². The zero-order chi connectivity index (χ0) is 20.1. The van der Waals surface area contributed by atoms with Crippen LogP contribution in [0.2, 0.25) is 0 Å². The third kappa shape index (κ3) is 5.04. The van der Waals surface area contributed by atoms with Crippen molar-refractivity contribution in [3.8, 4) is 5.88 Å². The molecule has 2 N–H and O–H groups in total. The fraction of sp³-hybridized carbons (Fsp3) is 0.409. The van der Waals surface area contributed by atoms with E-state index in [1.807, 2.05) is 36.4 Å². The standard InChI is InChI=1S/C22H26N4O3/c27-21(16-5-4-6-16)24-18-9-10-20(23-15-18)29-19-11-13-26(14-12-19)22(28)25-17-7-2-1-3-8-17/h1-3,7-10,15-16,19H,4-6,11-14H2,(H,24,27)(H,25,28). The summed E-state index contributed by atoms with van der Waals surface area (Å²) in [6.07, 6.45) is 6.25. The number of anilines is 2. The molecule has 3 amide bonds. The Bertz CT molecular complexity index is 829. The molecule has 1 saturated heterocycles. The number of nitrogens with zero attached hydrogens (tertiary/aromatic N) is 2. The lowest BCUT2D eigenvalue weighted by Gasteiger charge is -2.32. The Morgan fingerprint density at radius 2 is 1.69 bits per heavy atom. The van der Waals surface area contributed by atoms with Gasteiger partial charge in [0.1, 0.15) is 6.10 Å². The first-order chi connectivity index (χ1) is 14.2. The molecule has 7 heteroatoms. The van der Waals surface area contributed by atoms with Crippen LogP contribution >= 0.6 is 0 Å². The lowest BCUT2D eigenvalue weighted by atomic mass is 9.85. The molecule has 1 aromatic heterocycles. The van der Waals surface area contributed by atoms with E-state index in [2.05, 4.69) is 15.6 Å². The van der Waals surface area contributed by atoms with Gasteiger partial charge in [0.05, 0.1) is 11.9 Å². The van der Waals surface area contributed by atoms with Crippen LogP contribution in [-0.4, -0.2) is 41.0 Å². The van der Waals surface area contributed by atoms with Crippen LogP contribution < -0.4 is 15.4 Å². The summed E-state index contributed by atoms with van der Waals surface area (Å²) in [6.45, 7) is 1.28.